The number of rotatable bonds is 4. The Morgan fingerprint density at radius 1 is 1.33 bits per heavy atom. The van der Waals surface area contributed by atoms with Crippen LogP contribution in [-0.2, 0) is 5.75 Å². The Kier molecular flexibility index (Phi) is 4.68. The topological polar surface area (TPSA) is 58.6 Å². The lowest BCUT2D eigenvalue weighted by Crippen LogP contribution is -2.13. The molecule has 0 aliphatic rings. The molecule has 0 radical (unpaired) electrons. The van der Waals surface area contributed by atoms with Gasteiger partial charge in [-0.2, -0.15) is 10.1 Å². The van der Waals surface area contributed by atoms with Gasteiger partial charge in [-0.1, -0.05) is 41.6 Å². The first kappa shape index (κ1) is 13.5. The molecule has 0 saturated carbocycles. The Morgan fingerprint density at radius 2 is 2.11 bits per heavy atom. The van der Waals surface area contributed by atoms with E-state index < -0.39 is 5.69 Å². The second-order valence-electron chi connectivity index (χ2n) is 3.34. The molecule has 0 saturated heterocycles. The first-order valence-corrected chi connectivity index (χ1v) is 7.66. The molecule has 0 bridgehead atoms. The van der Waals surface area contributed by atoms with Gasteiger partial charge < -0.3 is 0 Å². The van der Waals surface area contributed by atoms with Crippen molar-refractivity contribution in [2.45, 2.75) is 15.8 Å². The first-order valence-electron chi connectivity index (χ1n) is 5.07. The Bertz CT molecular complexity index is 603. The van der Waals surface area contributed by atoms with Crippen LogP contribution in [0.15, 0.2) is 39.1 Å². The second-order valence-corrected chi connectivity index (χ2v) is 5.50. The molecular formula is C11H10ClN3OS2. The van der Waals surface area contributed by atoms with Gasteiger partial charge in [0, 0.05) is 10.8 Å². The van der Waals surface area contributed by atoms with Crippen LogP contribution in [0.3, 0.4) is 0 Å². The van der Waals surface area contributed by atoms with Gasteiger partial charge in [-0.15, -0.1) is 11.8 Å². The number of H-pyrrole nitrogens is 1. The van der Waals surface area contributed by atoms with E-state index in [1.807, 2.05) is 30.5 Å². The summed E-state index contributed by atoms with van der Waals surface area (Å²) in [6.07, 6.45) is 1.86. The van der Waals surface area contributed by atoms with Crippen molar-refractivity contribution in [3.8, 4) is 0 Å². The summed E-state index contributed by atoms with van der Waals surface area (Å²) >= 11 is 8.98. The zero-order valence-electron chi connectivity index (χ0n) is 9.51. The minimum atomic E-state index is -0.429. The number of halogens is 1. The van der Waals surface area contributed by atoms with Gasteiger partial charge in [0.1, 0.15) is 10.1 Å². The van der Waals surface area contributed by atoms with Crippen molar-refractivity contribution in [1.82, 2.24) is 15.2 Å². The predicted octanol–water partition coefficient (Wildman–Crippen LogP) is 2.83. The molecule has 0 fully saturated rings. The SMILES string of the molecule is CSc1nc(=O)[nH]nc1SCc1ccccc1Cl. The summed E-state index contributed by atoms with van der Waals surface area (Å²) in [7, 11) is 0. The van der Waals surface area contributed by atoms with Crippen LogP contribution < -0.4 is 5.69 Å². The lowest BCUT2D eigenvalue weighted by Gasteiger charge is -2.05. The van der Waals surface area contributed by atoms with Crippen LogP contribution in [0.5, 0.6) is 0 Å². The molecule has 1 heterocycles. The second kappa shape index (κ2) is 6.26. The lowest BCUT2D eigenvalue weighted by atomic mass is 10.2. The summed E-state index contributed by atoms with van der Waals surface area (Å²) in [5.74, 6) is 0.688. The van der Waals surface area contributed by atoms with Gasteiger partial charge >= 0.3 is 5.69 Å². The fourth-order valence-electron chi connectivity index (χ4n) is 1.30. The monoisotopic (exact) mass is 299 g/mol. The maximum absolute atomic E-state index is 11.1. The number of hydrogen-bond donors (Lipinski definition) is 1. The summed E-state index contributed by atoms with van der Waals surface area (Å²) in [6.45, 7) is 0. The van der Waals surface area contributed by atoms with Crippen molar-refractivity contribution in [3.63, 3.8) is 0 Å². The highest BCUT2D eigenvalue weighted by Crippen LogP contribution is 2.29. The van der Waals surface area contributed by atoms with Crippen molar-refractivity contribution in [2.24, 2.45) is 0 Å². The molecule has 94 valence electrons. The molecule has 0 unspecified atom stereocenters. The molecule has 18 heavy (non-hydrogen) atoms. The van der Waals surface area contributed by atoms with Crippen LogP contribution in [-0.4, -0.2) is 21.4 Å². The van der Waals surface area contributed by atoms with Crippen LogP contribution in [0.2, 0.25) is 5.02 Å². The summed E-state index contributed by atoms with van der Waals surface area (Å²) in [6, 6.07) is 7.65. The van der Waals surface area contributed by atoms with E-state index in [9.17, 15) is 4.79 Å². The van der Waals surface area contributed by atoms with E-state index in [-0.39, 0.29) is 0 Å². The summed E-state index contributed by atoms with van der Waals surface area (Å²) in [5, 5.41) is 8.41. The standard InChI is InChI=1S/C11H10ClN3OS2/c1-17-9-10(14-15-11(16)13-9)18-6-7-4-2-3-5-8(7)12/h2-5H,6H2,1H3,(H,13,15,16). The number of thioether (sulfide) groups is 2. The highest BCUT2D eigenvalue weighted by atomic mass is 35.5. The third-order valence-corrected chi connectivity index (χ3v) is 4.34. The molecule has 4 nitrogen and oxygen atoms in total. The van der Waals surface area contributed by atoms with Crippen LogP contribution in [0, 0.1) is 0 Å². The van der Waals surface area contributed by atoms with Crippen molar-refractivity contribution in [3.05, 3.63) is 45.3 Å². The number of aromatic nitrogens is 3. The third kappa shape index (κ3) is 3.28. The van der Waals surface area contributed by atoms with Gasteiger partial charge in [-0.25, -0.2) is 9.89 Å². The lowest BCUT2D eigenvalue weighted by molar-refractivity contribution is 0.764. The van der Waals surface area contributed by atoms with Crippen LogP contribution in [0.1, 0.15) is 5.56 Å². The number of hydrogen-bond acceptors (Lipinski definition) is 5. The average molecular weight is 300 g/mol. The molecule has 1 aromatic carbocycles. The van der Waals surface area contributed by atoms with E-state index in [2.05, 4.69) is 15.2 Å². The molecular weight excluding hydrogens is 290 g/mol. The molecule has 1 aromatic heterocycles. The Hall–Kier alpha value is -0.980. The summed E-state index contributed by atoms with van der Waals surface area (Å²) in [5.41, 5.74) is 0.602. The molecule has 0 atom stereocenters. The number of nitrogens with one attached hydrogen (secondary N) is 1. The fraction of sp³-hybridized carbons (Fsp3) is 0.182. The van der Waals surface area contributed by atoms with Crippen LogP contribution >= 0.6 is 35.1 Å². The van der Waals surface area contributed by atoms with Crippen LogP contribution in [0.25, 0.3) is 0 Å². The smallest absolute Gasteiger partial charge is 0.244 e. The van der Waals surface area contributed by atoms with Gasteiger partial charge in [0.15, 0.2) is 0 Å². The molecule has 0 spiro atoms. The highest BCUT2D eigenvalue weighted by molar-refractivity contribution is 8.01. The highest BCUT2D eigenvalue weighted by Gasteiger charge is 2.08. The van der Waals surface area contributed by atoms with Crippen molar-refractivity contribution >= 4 is 35.1 Å². The minimum absolute atomic E-state index is 0.429. The van der Waals surface area contributed by atoms with Crippen LogP contribution in [0.4, 0.5) is 0 Å². The third-order valence-electron chi connectivity index (χ3n) is 2.15. The van der Waals surface area contributed by atoms with E-state index in [4.69, 9.17) is 11.6 Å². The van der Waals surface area contributed by atoms with E-state index in [0.29, 0.717) is 15.8 Å². The Morgan fingerprint density at radius 3 is 2.83 bits per heavy atom. The van der Waals surface area contributed by atoms with E-state index in [1.165, 1.54) is 23.5 Å². The van der Waals surface area contributed by atoms with Crippen molar-refractivity contribution < 1.29 is 0 Å². The zero-order chi connectivity index (χ0) is 13.0. The zero-order valence-corrected chi connectivity index (χ0v) is 11.9. The van der Waals surface area contributed by atoms with E-state index in [0.717, 1.165) is 10.6 Å². The Balaban J connectivity index is 2.16. The van der Waals surface area contributed by atoms with E-state index in [1.54, 1.807) is 0 Å². The van der Waals surface area contributed by atoms with Crippen molar-refractivity contribution in [1.29, 1.82) is 0 Å². The number of nitrogens with zero attached hydrogens (tertiary/aromatic N) is 2. The van der Waals surface area contributed by atoms with Gasteiger partial charge in [0.25, 0.3) is 0 Å². The normalized spacial score (nSPS) is 10.6. The van der Waals surface area contributed by atoms with E-state index >= 15 is 0 Å². The molecule has 0 aliphatic heterocycles. The number of benzene rings is 1. The predicted molar refractivity (Wildman–Crippen MR) is 75.4 cm³/mol. The molecule has 2 aromatic rings. The molecule has 0 amide bonds. The quantitative estimate of drug-likeness (QED) is 0.880. The maximum atomic E-state index is 11.1. The number of aromatic amines is 1. The summed E-state index contributed by atoms with van der Waals surface area (Å²) < 4.78 is 0. The van der Waals surface area contributed by atoms with Gasteiger partial charge in [0.2, 0.25) is 0 Å². The first-order chi connectivity index (χ1) is 8.70. The average Bonchev–Trinajstić information content (AvgIpc) is 2.39. The van der Waals surface area contributed by atoms with Crippen molar-refractivity contribution in [2.75, 3.05) is 6.26 Å². The molecule has 2 rings (SSSR count). The van der Waals surface area contributed by atoms with Gasteiger partial charge in [-0.05, 0) is 17.9 Å². The largest absolute Gasteiger partial charge is 0.362 e. The molecule has 7 heteroatoms. The Labute approximate surface area is 118 Å². The summed E-state index contributed by atoms with van der Waals surface area (Å²) in [4.78, 5) is 14.9. The molecule has 1 N–H and O–H groups in total. The minimum Gasteiger partial charge on any atom is -0.244 e. The maximum Gasteiger partial charge on any atom is 0.362 e. The van der Waals surface area contributed by atoms with Gasteiger partial charge in [-0.3, -0.25) is 0 Å². The molecule has 0 aliphatic carbocycles. The van der Waals surface area contributed by atoms with Gasteiger partial charge in [0.05, 0.1) is 0 Å². The fourth-order valence-corrected chi connectivity index (χ4v) is 3.23.